The number of likely N-dealkylation sites (N-methyl/N-ethyl adjacent to an activating group) is 1. The number of nitrogens with one attached hydrogen (secondary N) is 1. The van der Waals surface area contributed by atoms with Crippen LogP contribution in [0.5, 0.6) is 0 Å². The molecule has 3 heterocycles. The molecule has 1 aliphatic heterocycles. The summed E-state index contributed by atoms with van der Waals surface area (Å²) < 4.78 is 6.24. The second-order valence-corrected chi connectivity index (χ2v) is 8.53. The molecule has 3 aromatic rings. The van der Waals surface area contributed by atoms with E-state index in [1.165, 1.54) is 22.7 Å². The second-order valence-electron chi connectivity index (χ2n) is 6.54. The van der Waals surface area contributed by atoms with E-state index < -0.39 is 0 Å². The minimum Gasteiger partial charge on any atom is -0.462 e. The maximum Gasteiger partial charge on any atom is 0.341 e. The van der Waals surface area contributed by atoms with Gasteiger partial charge in [-0.1, -0.05) is 6.92 Å². The molecule has 6 nitrogen and oxygen atoms in total. The fourth-order valence-electron chi connectivity index (χ4n) is 3.41. The Balaban J connectivity index is 1.66. The molecule has 1 amide bonds. The molecular formula is C20H21N3O3S2. The number of anilines is 1. The Morgan fingerprint density at radius 3 is 2.96 bits per heavy atom. The van der Waals surface area contributed by atoms with Crippen LogP contribution in [0.15, 0.2) is 23.7 Å². The van der Waals surface area contributed by atoms with Crippen LogP contribution in [0.1, 0.15) is 45.0 Å². The lowest BCUT2D eigenvalue weighted by Gasteiger charge is -2.25. The molecule has 28 heavy (non-hydrogen) atoms. The van der Waals surface area contributed by atoms with Gasteiger partial charge in [0.05, 0.1) is 27.9 Å². The summed E-state index contributed by atoms with van der Waals surface area (Å²) in [6.07, 6.45) is 0.788. The molecule has 146 valence electrons. The van der Waals surface area contributed by atoms with Crippen LogP contribution in [0.3, 0.4) is 0 Å². The zero-order valence-corrected chi connectivity index (χ0v) is 17.4. The minimum absolute atomic E-state index is 0.230. The van der Waals surface area contributed by atoms with Gasteiger partial charge in [-0.3, -0.25) is 9.69 Å². The normalized spacial score (nSPS) is 14.1. The maximum absolute atomic E-state index is 12.9. The van der Waals surface area contributed by atoms with E-state index >= 15 is 0 Å². The third-order valence-electron chi connectivity index (χ3n) is 4.88. The lowest BCUT2D eigenvalue weighted by Crippen LogP contribution is -2.30. The predicted molar refractivity (Wildman–Crippen MR) is 113 cm³/mol. The number of aromatic nitrogens is 1. The van der Waals surface area contributed by atoms with Crippen LogP contribution in [-0.4, -0.2) is 41.5 Å². The van der Waals surface area contributed by atoms with E-state index in [1.807, 2.05) is 12.1 Å². The molecule has 8 heteroatoms. The first kappa shape index (κ1) is 19.0. The molecule has 0 saturated heterocycles. The van der Waals surface area contributed by atoms with Gasteiger partial charge in [0.2, 0.25) is 0 Å². The van der Waals surface area contributed by atoms with Crippen LogP contribution in [0.25, 0.3) is 10.2 Å². The molecule has 2 aromatic heterocycles. The van der Waals surface area contributed by atoms with E-state index in [2.05, 4.69) is 22.1 Å². The lowest BCUT2D eigenvalue weighted by molar-refractivity contribution is 0.0526. The maximum atomic E-state index is 12.9. The second kappa shape index (κ2) is 7.98. The largest absolute Gasteiger partial charge is 0.462 e. The summed E-state index contributed by atoms with van der Waals surface area (Å²) in [6.45, 7) is 6.89. The number of fused-ring (bicyclic) bond motifs is 2. The molecule has 1 aromatic carbocycles. The average molecular weight is 416 g/mol. The molecular weight excluding hydrogens is 394 g/mol. The monoisotopic (exact) mass is 415 g/mol. The number of rotatable bonds is 5. The van der Waals surface area contributed by atoms with Crippen molar-refractivity contribution < 1.29 is 14.3 Å². The van der Waals surface area contributed by atoms with E-state index in [4.69, 9.17) is 4.74 Å². The van der Waals surface area contributed by atoms with E-state index in [9.17, 15) is 9.59 Å². The number of hydrogen-bond donors (Lipinski definition) is 1. The first-order valence-corrected chi connectivity index (χ1v) is 11.0. The summed E-state index contributed by atoms with van der Waals surface area (Å²) in [5.74, 6) is -0.593. The highest BCUT2D eigenvalue weighted by Gasteiger charge is 2.29. The average Bonchev–Trinajstić information content (AvgIpc) is 3.30. The minimum atomic E-state index is -0.363. The topological polar surface area (TPSA) is 71.5 Å². The number of esters is 1. The number of carbonyl (C=O) groups is 2. The van der Waals surface area contributed by atoms with E-state index in [1.54, 1.807) is 18.5 Å². The van der Waals surface area contributed by atoms with Gasteiger partial charge in [-0.2, -0.15) is 0 Å². The van der Waals surface area contributed by atoms with Crippen molar-refractivity contribution in [1.29, 1.82) is 0 Å². The first-order chi connectivity index (χ1) is 13.6. The van der Waals surface area contributed by atoms with Gasteiger partial charge in [-0.05, 0) is 43.7 Å². The molecule has 0 aliphatic carbocycles. The fourth-order valence-corrected chi connectivity index (χ4v) is 5.39. The Kier molecular flexibility index (Phi) is 5.43. The highest BCUT2D eigenvalue weighted by atomic mass is 32.1. The molecule has 4 rings (SSSR count). The van der Waals surface area contributed by atoms with Crippen molar-refractivity contribution in [1.82, 2.24) is 9.88 Å². The standard InChI is InChI=1S/C20H21N3O3S2/c1-3-23-8-7-13-16(10-23)28-19(17(13)20(25)26-4-2)22-18(24)12-5-6-14-15(9-12)27-11-21-14/h5-6,9,11H,3-4,7-8,10H2,1-2H3,(H,22,24). The van der Waals surface area contributed by atoms with Gasteiger partial charge in [0.25, 0.3) is 5.91 Å². The van der Waals surface area contributed by atoms with Crippen LogP contribution in [0.4, 0.5) is 5.00 Å². The molecule has 0 atom stereocenters. The Labute approximate surface area is 171 Å². The van der Waals surface area contributed by atoms with Gasteiger partial charge >= 0.3 is 5.97 Å². The SMILES string of the molecule is CCOC(=O)c1c(NC(=O)c2ccc3ncsc3c2)sc2c1CCN(CC)C2. The van der Waals surface area contributed by atoms with Crippen LogP contribution in [0.2, 0.25) is 0 Å². The first-order valence-electron chi connectivity index (χ1n) is 9.29. The zero-order chi connectivity index (χ0) is 19.7. The van der Waals surface area contributed by atoms with Gasteiger partial charge in [-0.25, -0.2) is 9.78 Å². The van der Waals surface area contributed by atoms with E-state index in [0.29, 0.717) is 22.7 Å². The Hall–Kier alpha value is -2.29. The van der Waals surface area contributed by atoms with Crippen molar-refractivity contribution in [2.45, 2.75) is 26.8 Å². The Morgan fingerprint density at radius 1 is 1.32 bits per heavy atom. The summed E-state index contributed by atoms with van der Waals surface area (Å²) in [5.41, 5.74) is 4.72. The summed E-state index contributed by atoms with van der Waals surface area (Å²) in [7, 11) is 0. The van der Waals surface area contributed by atoms with Crippen LogP contribution in [0, 0.1) is 0 Å². The number of carbonyl (C=O) groups excluding carboxylic acids is 2. The molecule has 0 radical (unpaired) electrons. The zero-order valence-electron chi connectivity index (χ0n) is 15.8. The van der Waals surface area contributed by atoms with Crippen LogP contribution >= 0.6 is 22.7 Å². The molecule has 0 spiro atoms. The van der Waals surface area contributed by atoms with Gasteiger partial charge in [0, 0.05) is 23.5 Å². The van der Waals surface area contributed by atoms with Gasteiger partial charge in [-0.15, -0.1) is 22.7 Å². The van der Waals surface area contributed by atoms with E-state index in [0.717, 1.165) is 46.7 Å². The number of thiophene rings is 1. The lowest BCUT2D eigenvalue weighted by atomic mass is 10.0. The van der Waals surface area contributed by atoms with Crippen molar-refractivity contribution in [3.63, 3.8) is 0 Å². The molecule has 1 N–H and O–H groups in total. The summed E-state index contributed by atoms with van der Waals surface area (Å²) in [6, 6.07) is 5.43. The Bertz CT molecular complexity index is 1040. The summed E-state index contributed by atoms with van der Waals surface area (Å²) in [5, 5.41) is 3.54. The van der Waals surface area contributed by atoms with Crippen molar-refractivity contribution in [3.8, 4) is 0 Å². The molecule has 0 bridgehead atoms. The number of benzene rings is 1. The van der Waals surface area contributed by atoms with Gasteiger partial charge < -0.3 is 10.1 Å². The summed E-state index contributed by atoms with van der Waals surface area (Å²) >= 11 is 2.98. The highest BCUT2D eigenvalue weighted by molar-refractivity contribution is 7.17. The van der Waals surface area contributed by atoms with E-state index in [-0.39, 0.29) is 11.9 Å². The molecule has 0 fully saturated rings. The molecule has 1 aliphatic rings. The number of thiazole rings is 1. The van der Waals surface area contributed by atoms with Crippen molar-refractivity contribution >= 4 is 49.8 Å². The van der Waals surface area contributed by atoms with Crippen molar-refractivity contribution in [2.75, 3.05) is 25.0 Å². The number of nitrogens with zero attached hydrogens (tertiary/aromatic N) is 2. The fraction of sp³-hybridized carbons (Fsp3) is 0.350. The number of amides is 1. The third-order valence-corrected chi connectivity index (χ3v) is 6.81. The smallest absolute Gasteiger partial charge is 0.341 e. The number of ether oxygens (including phenoxy) is 1. The van der Waals surface area contributed by atoms with Crippen molar-refractivity contribution in [3.05, 3.63) is 45.3 Å². The van der Waals surface area contributed by atoms with Gasteiger partial charge in [0.15, 0.2) is 0 Å². The van der Waals surface area contributed by atoms with Gasteiger partial charge in [0.1, 0.15) is 5.00 Å². The van der Waals surface area contributed by atoms with Crippen molar-refractivity contribution in [2.24, 2.45) is 0 Å². The highest BCUT2D eigenvalue weighted by Crippen LogP contribution is 2.38. The molecule has 0 saturated carbocycles. The third kappa shape index (κ3) is 3.55. The molecule has 0 unspecified atom stereocenters. The van der Waals surface area contributed by atoms with Crippen LogP contribution in [-0.2, 0) is 17.7 Å². The quantitative estimate of drug-likeness (QED) is 0.634. The summed E-state index contributed by atoms with van der Waals surface area (Å²) in [4.78, 5) is 33.2. The Morgan fingerprint density at radius 2 is 2.18 bits per heavy atom. The predicted octanol–water partition coefficient (Wildman–Crippen LogP) is 4.16. The van der Waals surface area contributed by atoms with Crippen LogP contribution < -0.4 is 5.32 Å². The number of hydrogen-bond acceptors (Lipinski definition) is 7.